The van der Waals surface area contributed by atoms with Crippen molar-refractivity contribution in [2.24, 2.45) is 5.92 Å². The maximum absolute atomic E-state index is 11.1. The second-order valence-electron chi connectivity index (χ2n) is 3.38. The van der Waals surface area contributed by atoms with E-state index in [2.05, 4.69) is 6.92 Å². The lowest BCUT2D eigenvalue weighted by Gasteiger charge is -2.35. The van der Waals surface area contributed by atoms with E-state index in [1.807, 2.05) is 0 Å². The molecule has 1 atom stereocenters. The van der Waals surface area contributed by atoms with Crippen molar-refractivity contribution in [3.8, 4) is 0 Å². The number of carboxylic acids is 1. The molecular weight excluding hydrogens is 170 g/mol. The van der Waals surface area contributed by atoms with Gasteiger partial charge in [0.1, 0.15) is 0 Å². The highest BCUT2D eigenvalue weighted by Gasteiger charge is 2.41. The Hall–Kier alpha value is -1.06. The van der Waals surface area contributed by atoms with E-state index in [1.165, 1.54) is 0 Å². The molecule has 0 saturated carbocycles. The summed E-state index contributed by atoms with van der Waals surface area (Å²) in [5.74, 6) is -1.97. The number of rotatable bonds is 5. The molecule has 1 N–H and O–H groups in total. The molecule has 1 amide bonds. The van der Waals surface area contributed by atoms with E-state index in [0.29, 0.717) is 6.54 Å². The average molecular weight is 185 g/mol. The van der Waals surface area contributed by atoms with Gasteiger partial charge in [0.15, 0.2) is 5.92 Å². The smallest absolute Gasteiger partial charge is 0.317 e. The fraction of sp³-hybridized carbons (Fsp3) is 0.778. The summed E-state index contributed by atoms with van der Waals surface area (Å²) in [6.07, 6.45) is 3.19. The molecule has 1 aliphatic rings. The number of carbonyl (C=O) groups is 2. The molecule has 0 bridgehead atoms. The summed E-state index contributed by atoms with van der Waals surface area (Å²) in [7, 11) is 0. The lowest BCUT2D eigenvalue weighted by atomic mass is 9.99. The number of amides is 1. The van der Waals surface area contributed by atoms with Crippen molar-refractivity contribution in [2.45, 2.75) is 26.2 Å². The molecular formula is C9H15NO3. The predicted molar refractivity (Wildman–Crippen MR) is 47.2 cm³/mol. The summed E-state index contributed by atoms with van der Waals surface area (Å²) >= 11 is 0. The quantitative estimate of drug-likeness (QED) is 0.390. The standard InChI is InChI=1S/C9H15NO3/c1-2-3-4-5-10-6-7(8(10)11)9(12)13/h7H,2-6H2,1H3,(H,12,13). The third kappa shape index (κ3) is 2.20. The molecule has 1 saturated heterocycles. The van der Waals surface area contributed by atoms with Crippen LogP contribution in [0, 0.1) is 5.92 Å². The highest BCUT2D eigenvalue weighted by molar-refractivity contribution is 6.01. The Balaban J connectivity index is 2.20. The highest BCUT2D eigenvalue weighted by Crippen LogP contribution is 2.18. The SMILES string of the molecule is CCCCCN1CC(C(=O)O)C1=O. The van der Waals surface area contributed by atoms with Gasteiger partial charge in [0, 0.05) is 13.1 Å². The molecule has 0 spiro atoms. The molecule has 74 valence electrons. The third-order valence-electron chi connectivity index (χ3n) is 2.34. The van der Waals surface area contributed by atoms with Crippen molar-refractivity contribution < 1.29 is 14.7 Å². The number of unbranched alkanes of at least 4 members (excludes halogenated alkanes) is 2. The van der Waals surface area contributed by atoms with Crippen LogP contribution in [0.5, 0.6) is 0 Å². The summed E-state index contributed by atoms with van der Waals surface area (Å²) in [6, 6.07) is 0. The Kier molecular flexibility index (Phi) is 3.28. The monoisotopic (exact) mass is 185 g/mol. The van der Waals surface area contributed by atoms with Gasteiger partial charge >= 0.3 is 5.97 Å². The number of aliphatic carboxylic acids is 1. The Morgan fingerprint density at radius 3 is 2.77 bits per heavy atom. The minimum Gasteiger partial charge on any atom is -0.481 e. The molecule has 1 aliphatic heterocycles. The van der Waals surface area contributed by atoms with Gasteiger partial charge in [0.25, 0.3) is 0 Å². The molecule has 13 heavy (non-hydrogen) atoms. The summed E-state index contributed by atoms with van der Waals surface area (Å²) in [5, 5.41) is 8.55. The first kappa shape index (κ1) is 10.0. The minimum absolute atomic E-state index is 0.219. The highest BCUT2D eigenvalue weighted by atomic mass is 16.4. The van der Waals surface area contributed by atoms with Crippen LogP contribution in [0.4, 0.5) is 0 Å². The number of carboxylic acid groups (broad SMARTS) is 1. The van der Waals surface area contributed by atoms with Gasteiger partial charge in [-0.25, -0.2) is 0 Å². The van der Waals surface area contributed by atoms with E-state index >= 15 is 0 Å². The zero-order valence-electron chi connectivity index (χ0n) is 7.82. The molecule has 0 aromatic heterocycles. The molecule has 1 rings (SSSR count). The van der Waals surface area contributed by atoms with Crippen LogP contribution in [-0.2, 0) is 9.59 Å². The van der Waals surface area contributed by atoms with Gasteiger partial charge in [-0.05, 0) is 6.42 Å². The first-order chi connectivity index (χ1) is 6.16. The molecule has 0 aromatic rings. The van der Waals surface area contributed by atoms with E-state index in [-0.39, 0.29) is 5.91 Å². The van der Waals surface area contributed by atoms with Crippen LogP contribution in [0.15, 0.2) is 0 Å². The largest absolute Gasteiger partial charge is 0.481 e. The van der Waals surface area contributed by atoms with Crippen LogP contribution in [0.3, 0.4) is 0 Å². The van der Waals surface area contributed by atoms with Crippen LogP contribution in [0.1, 0.15) is 26.2 Å². The van der Waals surface area contributed by atoms with Crippen LogP contribution < -0.4 is 0 Å². The normalized spacial score (nSPS) is 21.5. The van der Waals surface area contributed by atoms with E-state index in [1.54, 1.807) is 4.90 Å². The summed E-state index contributed by atoms with van der Waals surface area (Å²) < 4.78 is 0. The van der Waals surface area contributed by atoms with Crippen molar-refractivity contribution >= 4 is 11.9 Å². The van der Waals surface area contributed by atoms with E-state index in [4.69, 9.17) is 5.11 Å². The van der Waals surface area contributed by atoms with Crippen LogP contribution >= 0.6 is 0 Å². The lowest BCUT2D eigenvalue weighted by molar-refractivity contribution is -0.162. The molecule has 1 fully saturated rings. The number of likely N-dealkylation sites (tertiary alicyclic amines) is 1. The topological polar surface area (TPSA) is 57.6 Å². The van der Waals surface area contributed by atoms with Gasteiger partial charge in [-0.15, -0.1) is 0 Å². The van der Waals surface area contributed by atoms with Crippen molar-refractivity contribution in [1.82, 2.24) is 4.90 Å². The summed E-state index contributed by atoms with van der Waals surface area (Å²) in [5.41, 5.74) is 0. The molecule has 0 aliphatic carbocycles. The zero-order valence-corrected chi connectivity index (χ0v) is 7.82. The molecule has 1 unspecified atom stereocenters. The number of carbonyl (C=O) groups excluding carboxylic acids is 1. The Bertz CT molecular complexity index is 215. The maximum Gasteiger partial charge on any atom is 0.317 e. The molecule has 0 aromatic carbocycles. The molecule has 4 nitrogen and oxygen atoms in total. The van der Waals surface area contributed by atoms with Gasteiger partial charge in [-0.3, -0.25) is 9.59 Å². The van der Waals surface area contributed by atoms with E-state index in [9.17, 15) is 9.59 Å². The van der Waals surface area contributed by atoms with Crippen LogP contribution in [-0.4, -0.2) is 35.0 Å². The lowest BCUT2D eigenvalue weighted by Crippen LogP contribution is -2.55. The number of hydrogen-bond donors (Lipinski definition) is 1. The second-order valence-corrected chi connectivity index (χ2v) is 3.38. The molecule has 0 radical (unpaired) electrons. The summed E-state index contributed by atoms with van der Waals surface area (Å²) in [6.45, 7) is 3.21. The van der Waals surface area contributed by atoms with Gasteiger partial charge in [-0.2, -0.15) is 0 Å². The van der Waals surface area contributed by atoms with Gasteiger partial charge < -0.3 is 10.0 Å². The maximum atomic E-state index is 11.1. The van der Waals surface area contributed by atoms with Crippen molar-refractivity contribution in [1.29, 1.82) is 0 Å². The van der Waals surface area contributed by atoms with Crippen LogP contribution in [0.2, 0.25) is 0 Å². The second kappa shape index (κ2) is 4.25. The van der Waals surface area contributed by atoms with Crippen molar-refractivity contribution in [2.75, 3.05) is 13.1 Å². The van der Waals surface area contributed by atoms with Gasteiger partial charge in [0.2, 0.25) is 5.91 Å². The van der Waals surface area contributed by atoms with E-state index in [0.717, 1.165) is 25.8 Å². The molecule has 1 heterocycles. The van der Waals surface area contributed by atoms with E-state index < -0.39 is 11.9 Å². The number of nitrogens with zero attached hydrogens (tertiary/aromatic N) is 1. The van der Waals surface area contributed by atoms with Crippen LogP contribution in [0.25, 0.3) is 0 Å². The third-order valence-corrected chi connectivity index (χ3v) is 2.34. The number of β-lactam (4-membered cyclic amide) rings is 1. The fourth-order valence-electron chi connectivity index (χ4n) is 1.43. The molecule has 4 heteroatoms. The van der Waals surface area contributed by atoms with Crippen molar-refractivity contribution in [3.05, 3.63) is 0 Å². The van der Waals surface area contributed by atoms with Gasteiger partial charge in [0.05, 0.1) is 0 Å². The number of hydrogen-bond acceptors (Lipinski definition) is 2. The fourth-order valence-corrected chi connectivity index (χ4v) is 1.43. The first-order valence-electron chi connectivity index (χ1n) is 4.68. The Morgan fingerprint density at radius 2 is 2.31 bits per heavy atom. The Morgan fingerprint density at radius 1 is 1.62 bits per heavy atom. The van der Waals surface area contributed by atoms with Crippen molar-refractivity contribution in [3.63, 3.8) is 0 Å². The minimum atomic E-state index is -0.989. The predicted octanol–water partition coefficient (Wildman–Crippen LogP) is 0.720. The first-order valence-corrected chi connectivity index (χ1v) is 4.68. The summed E-state index contributed by atoms with van der Waals surface area (Å²) in [4.78, 5) is 23.2. The van der Waals surface area contributed by atoms with Gasteiger partial charge in [-0.1, -0.05) is 19.8 Å². The zero-order chi connectivity index (χ0) is 9.84. The Labute approximate surface area is 77.5 Å². The average Bonchev–Trinajstić information content (AvgIpc) is 2.08.